The van der Waals surface area contributed by atoms with E-state index in [1.54, 1.807) is 10.9 Å². The molecule has 1 atom stereocenters. The lowest BCUT2D eigenvalue weighted by Crippen LogP contribution is -2.32. The smallest absolute Gasteiger partial charge is 0.219 e. The third kappa shape index (κ3) is 1.11. The molecule has 1 aromatic heterocycles. The largest absolute Gasteiger partial charge is 0.350 e. The van der Waals surface area contributed by atoms with Crippen LogP contribution in [0.2, 0.25) is 0 Å². The molecule has 58 valence electrons. The molecule has 0 saturated heterocycles. The fourth-order valence-electron chi connectivity index (χ4n) is 1.07. The Balaban J connectivity index is 2.19. The molecule has 0 amide bonds. The predicted octanol–water partition coefficient (Wildman–Crippen LogP) is 0.0789. The van der Waals surface area contributed by atoms with Crippen molar-refractivity contribution < 1.29 is 0 Å². The average molecular weight is 150 g/mol. The Hall–Kier alpha value is -1.32. The zero-order valence-electron chi connectivity index (χ0n) is 6.36. The summed E-state index contributed by atoms with van der Waals surface area (Å²) in [5.74, 6) is 0.850. The molecule has 4 heteroatoms. The second-order valence-electron chi connectivity index (χ2n) is 2.66. The lowest BCUT2D eigenvalue weighted by atomic mass is 10.4. The minimum atomic E-state index is 0.439. The van der Waals surface area contributed by atoms with Crippen LogP contribution in [0.25, 0.3) is 0 Å². The van der Waals surface area contributed by atoms with Gasteiger partial charge >= 0.3 is 0 Å². The number of aromatic nitrogens is 2. The van der Waals surface area contributed by atoms with Crippen molar-refractivity contribution in [2.24, 2.45) is 4.99 Å². The van der Waals surface area contributed by atoms with Gasteiger partial charge in [-0.15, -0.1) is 0 Å². The van der Waals surface area contributed by atoms with Crippen LogP contribution in [-0.4, -0.2) is 28.3 Å². The summed E-state index contributed by atoms with van der Waals surface area (Å²) in [5, 5.41) is 7.26. The molecule has 11 heavy (non-hydrogen) atoms. The highest BCUT2D eigenvalue weighted by molar-refractivity contribution is 5.83. The molecule has 0 unspecified atom stereocenters. The zero-order chi connectivity index (χ0) is 7.68. The molecule has 0 spiro atoms. The topological polar surface area (TPSA) is 42.2 Å². The lowest BCUT2D eigenvalue weighted by molar-refractivity contribution is 0.713. The van der Waals surface area contributed by atoms with Gasteiger partial charge in [0.15, 0.2) is 0 Å². The van der Waals surface area contributed by atoms with Crippen LogP contribution in [0.15, 0.2) is 23.5 Å². The fraction of sp³-hybridized carbons (Fsp3) is 0.429. The summed E-state index contributed by atoms with van der Waals surface area (Å²) >= 11 is 0. The number of nitrogens with one attached hydrogen (secondary N) is 1. The Morgan fingerprint density at radius 1 is 1.73 bits per heavy atom. The molecular formula is C7H10N4. The van der Waals surface area contributed by atoms with Crippen molar-refractivity contribution in [2.75, 3.05) is 6.54 Å². The molecule has 0 bridgehead atoms. The van der Waals surface area contributed by atoms with E-state index in [9.17, 15) is 0 Å². The minimum Gasteiger partial charge on any atom is -0.350 e. The first-order valence-corrected chi connectivity index (χ1v) is 3.67. The Morgan fingerprint density at radius 2 is 2.64 bits per heavy atom. The predicted molar refractivity (Wildman–Crippen MR) is 42.5 cm³/mol. The van der Waals surface area contributed by atoms with Gasteiger partial charge in [-0.25, -0.2) is 9.67 Å². The van der Waals surface area contributed by atoms with E-state index in [0.717, 1.165) is 12.5 Å². The van der Waals surface area contributed by atoms with Gasteiger partial charge in [0, 0.05) is 18.4 Å². The first-order valence-electron chi connectivity index (χ1n) is 3.67. The van der Waals surface area contributed by atoms with E-state index in [1.807, 2.05) is 12.3 Å². The van der Waals surface area contributed by atoms with Crippen molar-refractivity contribution in [1.29, 1.82) is 0 Å². The molecule has 0 aromatic carbocycles. The highest BCUT2D eigenvalue weighted by Crippen LogP contribution is 1.95. The van der Waals surface area contributed by atoms with Gasteiger partial charge in [-0.05, 0) is 13.0 Å². The van der Waals surface area contributed by atoms with Gasteiger partial charge in [0.25, 0.3) is 0 Å². The summed E-state index contributed by atoms with van der Waals surface area (Å²) in [6.45, 7) is 2.94. The van der Waals surface area contributed by atoms with Crippen LogP contribution >= 0.6 is 0 Å². The third-order valence-corrected chi connectivity index (χ3v) is 1.61. The Labute approximate surface area is 64.9 Å². The molecule has 0 radical (unpaired) electrons. The molecule has 0 aliphatic carbocycles. The molecule has 4 nitrogen and oxygen atoms in total. The molecule has 2 heterocycles. The molecule has 1 aliphatic heterocycles. The van der Waals surface area contributed by atoms with E-state index in [4.69, 9.17) is 0 Å². The van der Waals surface area contributed by atoms with Gasteiger partial charge in [-0.3, -0.25) is 0 Å². The monoisotopic (exact) mass is 150 g/mol. The van der Waals surface area contributed by atoms with E-state index in [2.05, 4.69) is 22.3 Å². The highest BCUT2D eigenvalue weighted by atomic mass is 15.4. The van der Waals surface area contributed by atoms with Crippen molar-refractivity contribution >= 4 is 5.96 Å². The minimum absolute atomic E-state index is 0.439. The van der Waals surface area contributed by atoms with Crippen LogP contribution in [0.1, 0.15) is 6.92 Å². The van der Waals surface area contributed by atoms with Crippen molar-refractivity contribution in [3.63, 3.8) is 0 Å². The maximum absolute atomic E-state index is 4.27. The van der Waals surface area contributed by atoms with Crippen molar-refractivity contribution in [1.82, 2.24) is 15.1 Å². The number of nitrogens with zero attached hydrogens (tertiary/aromatic N) is 3. The van der Waals surface area contributed by atoms with E-state index < -0.39 is 0 Å². The van der Waals surface area contributed by atoms with Gasteiger partial charge in [0.05, 0.1) is 6.54 Å². The van der Waals surface area contributed by atoms with Crippen LogP contribution in [0.5, 0.6) is 0 Å². The Bertz CT molecular complexity index is 262. The van der Waals surface area contributed by atoms with E-state index >= 15 is 0 Å². The van der Waals surface area contributed by atoms with Crippen LogP contribution in [0, 0.1) is 0 Å². The first-order chi connectivity index (χ1) is 5.36. The van der Waals surface area contributed by atoms with Gasteiger partial charge in [-0.2, -0.15) is 5.10 Å². The standard InChI is InChI=1S/C7H10N4/c1-6-5-8-7(10-6)11-4-2-3-9-11/h2-4,6H,5H2,1H3,(H,8,10)/t6-/m0/s1. The molecule has 0 fully saturated rings. The molecular weight excluding hydrogens is 140 g/mol. The molecule has 1 N–H and O–H groups in total. The maximum atomic E-state index is 4.27. The molecule has 1 aromatic rings. The SMILES string of the molecule is C[C@H]1CN=C(n2cccn2)N1. The zero-order valence-corrected chi connectivity index (χ0v) is 6.36. The second kappa shape index (κ2) is 2.38. The van der Waals surface area contributed by atoms with E-state index in [1.165, 1.54) is 0 Å². The normalized spacial score (nSPS) is 23.0. The van der Waals surface area contributed by atoms with Crippen molar-refractivity contribution in [2.45, 2.75) is 13.0 Å². The van der Waals surface area contributed by atoms with E-state index in [-0.39, 0.29) is 0 Å². The Kier molecular flexibility index (Phi) is 1.38. The third-order valence-electron chi connectivity index (χ3n) is 1.61. The molecule has 1 aliphatic rings. The summed E-state index contributed by atoms with van der Waals surface area (Å²) in [6.07, 6.45) is 3.62. The quantitative estimate of drug-likeness (QED) is 0.569. The van der Waals surface area contributed by atoms with Gasteiger partial charge in [0.1, 0.15) is 0 Å². The lowest BCUT2D eigenvalue weighted by Gasteiger charge is -2.04. The Morgan fingerprint density at radius 3 is 3.18 bits per heavy atom. The summed E-state index contributed by atoms with van der Waals surface area (Å²) in [4.78, 5) is 4.27. The number of rotatable bonds is 0. The first kappa shape index (κ1) is 6.39. The highest BCUT2D eigenvalue weighted by Gasteiger charge is 2.13. The van der Waals surface area contributed by atoms with Crippen LogP contribution in [0.4, 0.5) is 0 Å². The summed E-state index contributed by atoms with van der Waals surface area (Å²) in [6, 6.07) is 2.32. The van der Waals surface area contributed by atoms with Crippen LogP contribution in [0.3, 0.4) is 0 Å². The molecule has 0 saturated carbocycles. The molecule has 2 rings (SSSR count). The van der Waals surface area contributed by atoms with Gasteiger partial charge in [-0.1, -0.05) is 0 Å². The number of aliphatic imine (C=N–C) groups is 1. The van der Waals surface area contributed by atoms with Crippen molar-refractivity contribution in [3.8, 4) is 0 Å². The van der Waals surface area contributed by atoms with Crippen LogP contribution < -0.4 is 5.32 Å². The number of hydrogen-bond donors (Lipinski definition) is 1. The summed E-state index contributed by atoms with van der Waals surface area (Å²) in [5.41, 5.74) is 0. The average Bonchev–Trinajstić information content (AvgIpc) is 2.55. The maximum Gasteiger partial charge on any atom is 0.219 e. The second-order valence-corrected chi connectivity index (χ2v) is 2.66. The fourth-order valence-corrected chi connectivity index (χ4v) is 1.07. The van der Waals surface area contributed by atoms with Gasteiger partial charge in [0.2, 0.25) is 5.96 Å². The number of hydrogen-bond acceptors (Lipinski definition) is 3. The summed E-state index contributed by atoms with van der Waals surface area (Å²) in [7, 11) is 0. The summed E-state index contributed by atoms with van der Waals surface area (Å²) < 4.78 is 1.74. The van der Waals surface area contributed by atoms with Crippen LogP contribution in [-0.2, 0) is 0 Å². The van der Waals surface area contributed by atoms with E-state index in [0.29, 0.717) is 6.04 Å². The van der Waals surface area contributed by atoms with Crippen molar-refractivity contribution in [3.05, 3.63) is 18.5 Å². The van der Waals surface area contributed by atoms with Gasteiger partial charge < -0.3 is 5.32 Å².